The van der Waals surface area contributed by atoms with Crippen LogP contribution in [0.4, 0.5) is 0 Å². The third-order valence-electron chi connectivity index (χ3n) is 1.18. The molecule has 0 saturated heterocycles. The molecular formula is C8H11NO3S. The summed E-state index contributed by atoms with van der Waals surface area (Å²) in [6, 6.07) is 1.79. The fraction of sp³-hybridized carbons (Fsp3) is 0.625. The molecule has 1 atom stereocenters. The lowest BCUT2D eigenvalue weighted by atomic mass is 10.2. The van der Waals surface area contributed by atoms with Gasteiger partial charge in [0.25, 0.3) is 0 Å². The van der Waals surface area contributed by atoms with Gasteiger partial charge in [0, 0.05) is 12.7 Å². The number of carbonyl (C=O) groups excluding carboxylic acids is 2. The minimum atomic E-state index is -0.839. The van der Waals surface area contributed by atoms with Gasteiger partial charge in [-0.15, -0.1) is 0 Å². The largest absolute Gasteiger partial charge is 0.465 e. The number of ether oxygens (including phenoxy) is 1. The van der Waals surface area contributed by atoms with Crippen molar-refractivity contribution in [1.29, 1.82) is 5.26 Å². The number of rotatable bonds is 4. The summed E-state index contributed by atoms with van der Waals surface area (Å²) in [5.74, 6) is -1.22. The molecule has 0 bridgehead atoms. The molecule has 0 aliphatic carbocycles. The molecule has 1 unspecified atom stereocenters. The number of hydrogen-bond acceptors (Lipinski definition) is 5. The van der Waals surface area contributed by atoms with Crippen LogP contribution < -0.4 is 0 Å². The van der Waals surface area contributed by atoms with Crippen molar-refractivity contribution in [3.05, 3.63) is 0 Å². The van der Waals surface area contributed by atoms with Crippen molar-refractivity contribution >= 4 is 22.8 Å². The average molecular weight is 201 g/mol. The van der Waals surface area contributed by atoms with Crippen LogP contribution in [0.15, 0.2) is 0 Å². The van der Waals surface area contributed by atoms with Crippen LogP contribution in [-0.4, -0.2) is 23.4 Å². The number of nitrogens with zero attached hydrogens (tertiary/aromatic N) is 1. The van der Waals surface area contributed by atoms with E-state index in [1.54, 1.807) is 13.0 Å². The summed E-state index contributed by atoms with van der Waals surface area (Å²) >= 11 is 0.956. The standard InChI is InChI=1S/C8H11NO3S/c1-3-12-8(11)7(4-9)5-13-6(2)10/h7H,3,5H2,1-2H3. The number of carbonyl (C=O) groups is 2. The van der Waals surface area contributed by atoms with Crippen molar-refractivity contribution in [3.63, 3.8) is 0 Å². The predicted octanol–water partition coefficient (Wildman–Crippen LogP) is 0.969. The number of thioether (sulfide) groups is 1. The lowest BCUT2D eigenvalue weighted by Crippen LogP contribution is -2.18. The van der Waals surface area contributed by atoms with Gasteiger partial charge < -0.3 is 4.74 Å². The molecule has 0 aliphatic rings. The van der Waals surface area contributed by atoms with Gasteiger partial charge in [-0.2, -0.15) is 5.26 Å². The third kappa shape index (κ3) is 5.26. The molecule has 0 saturated carbocycles. The molecule has 0 aromatic rings. The van der Waals surface area contributed by atoms with Crippen LogP contribution in [0.25, 0.3) is 0 Å². The van der Waals surface area contributed by atoms with E-state index in [9.17, 15) is 9.59 Å². The van der Waals surface area contributed by atoms with Gasteiger partial charge in [0.1, 0.15) is 0 Å². The second-order valence-corrected chi connectivity index (χ2v) is 3.43. The Morgan fingerprint density at radius 2 is 2.23 bits per heavy atom. The van der Waals surface area contributed by atoms with Gasteiger partial charge in [0.15, 0.2) is 11.0 Å². The molecule has 4 nitrogen and oxygen atoms in total. The molecule has 0 heterocycles. The van der Waals surface area contributed by atoms with E-state index in [0.717, 1.165) is 11.8 Å². The summed E-state index contributed by atoms with van der Waals surface area (Å²) in [4.78, 5) is 21.6. The van der Waals surface area contributed by atoms with Crippen molar-refractivity contribution in [2.45, 2.75) is 13.8 Å². The third-order valence-corrected chi connectivity index (χ3v) is 2.09. The maximum absolute atomic E-state index is 11.0. The molecule has 0 aliphatic heterocycles. The zero-order valence-electron chi connectivity index (χ0n) is 7.57. The molecule has 0 amide bonds. The molecule has 72 valence electrons. The number of esters is 1. The number of nitriles is 1. The first-order valence-electron chi connectivity index (χ1n) is 3.81. The Kier molecular flexibility index (Phi) is 5.98. The highest BCUT2D eigenvalue weighted by molar-refractivity contribution is 8.13. The van der Waals surface area contributed by atoms with Gasteiger partial charge in [-0.3, -0.25) is 9.59 Å². The maximum atomic E-state index is 11.0. The smallest absolute Gasteiger partial charge is 0.324 e. The maximum Gasteiger partial charge on any atom is 0.324 e. The van der Waals surface area contributed by atoms with E-state index in [0.29, 0.717) is 0 Å². The number of hydrogen-bond donors (Lipinski definition) is 0. The Bertz CT molecular complexity index is 234. The fourth-order valence-electron chi connectivity index (χ4n) is 0.602. The SMILES string of the molecule is CCOC(=O)C(C#N)CSC(C)=O. The van der Waals surface area contributed by atoms with Gasteiger partial charge in [0.05, 0.1) is 12.7 Å². The van der Waals surface area contributed by atoms with Crippen molar-refractivity contribution in [1.82, 2.24) is 0 Å². The molecule has 0 rings (SSSR count). The van der Waals surface area contributed by atoms with Gasteiger partial charge in [-0.1, -0.05) is 11.8 Å². The van der Waals surface area contributed by atoms with Crippen molar-refractivity contribution < 1.29 is 14.3 Å². The molecule has 0 aromatic carbocycles. The van der Waals surface area contributed by atoms with Crippen LogP contribution in [0.5, 0.6) is 0 Å². The lowest BCUT2D eigenvalue weighted by molar-refractivity contribution is -0.145. The van der Waals surface area contributed by atoms with Crippen LogP contribution in [0.3, 0.4) is 0 Å². The topological polar surface area (TPSA) is 67.2 Å². The molecule has 0 aromatic heterocycles. The first-order chi connectivity index (χ1) is 6.11. The summed E-state index contributed by atoms with van der Waals surface area (Å²) in [5.41, 5.74) is 0. The Balaban J connectivity index is 3.97. The molecule has 0 fully saturated rings. The van der Waals surface area contributed by atoms with Crippen LogP contribution in [0.2, 0.25) is 0 Å². The lowest BCUT2D eigenvalue weighted by Gasteiger charge is -2.05. The predicted molar refractivity (Wildman–Crippen MR) is 48.9 cm³/mol. The van der Waals surface area contributed by atoms with Gasteiger partial charge in [-0.05, 0) is 6.92 Å². The Hall–Kier alpha value is -1.02. The molecule has 0 spiro atoms. The first kappa shape index (κ1) is 12.0. The molecule has 5 heteroatoms. The van der Waals surface area contributed by atoms with Crippen LogP contribution in [0, 0.1) is 17.2 Å². The zero-order chi connectivity index (χ0) is 10.3. The highest BCUT2D eigenvalue weighted by Crippen LogP contribution is 2.10. The van der Waals surface area contributed by atoms with E-state index in [1.807, 2.05) is 0 Å². The molecular weight excluding hydrogens is 190 g/mol. The van der Waals surface area contributed by atoms with E-state index in [1.165, 1.54) is 6.92 Å². The second-order valence-electron chi connectivity index (χ2n) is 2.24. The molecule has 13 heavy (non-hydrogen) atoms. The first-order valence-corrected chi connectivity index (χ1v) is 4.80. The summed E-state index contributed by atoms with van der Waals surface area (Å²) < 4.78 is 4.64. The zero-order valence-corrected chi connectivity index (χ0v) is 8.39. The summed E-state index contributed by atoms with van der Waals surface area (Å²) in [6.07, 6.45) is 0. The monoisotopic (exact) mass is 201 g/mol. The van der Waals surface area contributed by atoms with Crippen molar-refractivity contribution in [3.8, 4) is 6.07 Å². The Labute approximate surface area is 81.2 Å². The van der Waals surface area contributed by atoms with Gasteiger partial charge >= 0.3 is 5.97 Å². The van der Waals surface area contributed by atoms with Crippen molar-refractivity contribution in [2.75, 3.05) is 12.4 Å². The van der Waals surface area contributed by atoms with E-state index in [-0.39, 0.29) is 17.5 Å². The van der Waals surface area contributed by atoms with E-state index >= 15 is 0 Å². The summed E-state index contributed by atoms with van der Waals surface area (Å²) in [6.45, 7) is 3.32. The second kappa shape index (κ2) is 6.49. The minimum absolute atomic E-state index is 0.107. The summed E-state index contributed by atoms with van der Waals surface area (Å²) in [7, 11) is 0. The van der Waals surface area contributed by atoms with E-state index < -0.39 is 11.9 Å². The van der Waals surface area contributed by atoms with Gasteiger partial charge in [-0.25, -0.2) is 0 Å². The highest BCUT2D eigenvalue weighted by atomic mass is 32.2. The minimum Gasteiger partial charge on any atom is -0.465 e. The van der Waals surface area contributed by atoms with Crippen LogP contribution in [0.1, 0.15) is 13.8 Å². The quantitative estimate of drug-likeness (QED) is 0.634. The van der Waals surface area contributed by atoms with Crippen LogP contribution in [-0.2, 0) is 14.3 Å². The fourth-order valence-corrected chi connectivity index (χ4v) is 1.21. The van der Waals surface area contributed by atoms with Crippen molar-refractivity contribution in [2.24, 2.45) is 5.92 Å². The summed E-state index contributed by atoms with van der Waals surface area (Å²) in [5, 5.41) is 8.45. The van der Waals surface area contributed by atoms with Gasteiger partial charge in [0.2, 0.25) is 0 Å². The van der Waals surface area contributed by atoms with E-state index in [4.69, 9.17) is 5.26 Å². The molecule has 0 radical (unpaired) electrons. The highest BCUT2D eigenvalue weighted by Gasteiger charge is 2.19. The Morgan fingerprint density at radius 3 is 2.62 bits per heavy atom. The molecule has 0 N–H and O–H groups in total. The van der Waals surface area contributed by atoms with Crippen LogP contribution >= 0.6 is 11.8 Å². The van der Waals surface area contributed by atoms with E-state index in [2.05, 4.69) is 4.74 Å². The normalized spacial score (nSPS) is 11.5. The average Bonchev–Trinajstić information content (AvgIpc) is 2.05. The Morgan fingerprint density at radius 1 is 1.62 bits per heavy atom.